The fraction of sp³-hybridized carbons (Fsp3) is 0.235. The van der Waals surface area contributed by atoms with Crippen LogP contribution in [0.3, 0.4) is 0 Å². The van der Waals surface area contributed by atoms with Gasteiger partial charge < -0.3 is 10.1 Å². The standard InChI is InChI=1S/C17H18FNO2/c1-3-21-17(20)16(13-8-6-9-14(18)11-13)19-15-10-5-4-7-12(15)2/h4-11,16,19H,3H2,1-2H3. The number of rotatable bonds is 5. The van der Waals surface area contributed by atoms with Crippen LogP contribution in [-0.4, -0.2) is 12.6 Å². The topological polar surface area (TPSA) is 38.3 Å². The summed E-state index contributed by atoms with van der Waals surface area (Å²) in [6.07, 6.45) is 0. The van der Waals surface area contributed by atoms with Gasteiger partial charge in [0.25, 0.3) is 0 Å². The maximum atomic E-state index is 13.4. The Labute approximate surface area is 123 Å². The van der Waals surface area contributed by atoms with Crippen LogP contribution in [0.5, 0.6) is 0 Å². The molecule has 1 atom stereocenters. The van der Waals surface area contributed by atoms with Gasteiger partial charge in [-0.05, 0) is 43.2 Å². The summed E-state index contributed by atoms with van der Waals surface area (Å²) in [5, 5.41) is 3.13. The van der Waals surface area contributed by atoms with E-state index in [1.807, 2.05) is 31.2 Å². The van der Waals surface area contributed by atoms with Crippen molar-refractivity contribution in [1.29, 1.82) is 0 Å². The lowest BCUT2D eigenvalue weighted by molar-refractivity contribution is -0.144. The van der Waals surface area contributed by atoms with Crippen molar-refractivity contribution in [3.63, 3.8) is 0 Å². The fourth-order valence-electron chi connectivity index (χ4n) is 2.08. The smallest absolute Gasteiger partial charge is 0.333 e. The van der Waals surface area contributed by atoms with Crippen molar-refractivity contribution in [2.24, 2.45) is 0 Å². The monoisotopic (exact) mass is 287 g/mol. The van der Waals surface area contributed by atoms with Crippen LogP contribution < -0.4 is 5.32 Å². The predicted molar refractivity (Wildman–Crippen MR) is 80.6 cm³/mol. The molecule has 0 bridgehead atoms. The molecular weight excluding hydrogens is 269 g/mol. The van der Waals surface area contributed by atoms with E-state index >= 15 is 0 Å². The number of halogens is 1. The number of carbonyl (C=O) groups excluding carboxylic acids is 1. The molecule has 3 nitrogen and oxygen atoms in total. The number of esters is 1. The highest BCUT2D eigenvalue weighted by Crippen LogP contribution is 2.24. The van der Waals surface area contributed by atoms with Gasteiger partial charge in [-0.2, -0.15) is 0 Å². The Balaban J connectivity index is 2.33. The number of benzene rings is 2. The van der Waals surface area contributed by atoms with E-state index in [4.69, 9.17) is 4.74 Å². The highest BCUT2D eigenvalue weighted by atomic mass is 19.1. The molecule has 0 fully saturated rings. The van der Waals surface area contributed by atoms with Crippen molar-refractivity contribution in [3.05, 3.63) is 65.5 Å². The molecule has 2 aromatic carbocycles. The fourth-order valence-corrected chi connectivity index (χ4v) is 2.08. The quantitative estimate of drug-likeness (QED) is 0.849. The lowest BCUT2D eigenvalue weighted by Crippen LogP contribution is -2.23. The van der Waals surface area contributed by atoms with Gasteiger partial charge in [0.2, 0.25) is 0 Å². The molecule has 0 aromatic heterocycles. The Hall–Kier alpha value is -2.36. The van der Waals surface area contributed by atoms with Gasteiger partial charge in [-0.25, -0.2) is 9.18 Å². The van der Waals surface area contributed by atoms with Crippen LogP contribution in [0, 0.1) is 12.7 Å². The number of anilines is 1. The maximum Gasteiger partial charge on any atom is 0.333 e. The number of hydrogen-bond donors (Lipinski definition) is 1. The molecule has 0 heterocycles. The van der Waals surface area contributed by atoms with Gasteiger partial charge in [0.1, 0.15) is 5.82 Å². The molecule has 0 saturated carbocycles. The number of carbonyl (C=O) groups is 1. The van der Waals surface area contributed by atoms with E-state index in [-0.39, 0.29) is 12.4 Å². The Morgan fingerprint density at radius 1 is 1.24 bits per heavy atom. The first-order chi connectivity index (χ1) is 10.1. The molecule has 0 aliphatic carbocycles. The largest absolute Gasteiger partial charge is 0.464 e. The second-order valence-corrected chi connectivity index (χ2v) is 4.70. The molecule has 0 saturated heterocycles. The zero-order chi connectivity index (χ0) is 15.2. The molecule has 110 valence electrons. The van der Waals surface area contributed by atoms with E-state index in [9.17, 15) is 9.18 Å². The van der Waals surface area contributed by atoms with Crippen LogP contribution in [0.15, 0.2) is 48.5 Å². The summed E-state index contributed by atoms with van der Waals surface area (Å²) >= 11 is 0. The maximum absolute atomic E-state index is 13.4. The van der Waals surface area contributed by atoms with Crippen LogP contribution in [0.4, 0.5) is 10.1 Å². The lowest BCUT2D eigenvalue weighted by atomic mass is 10.1. The van der Waals surface area contributed by atoms with Gasteiger partial charge in [0.15, 0.2) is 6.04 Å². The van der Waals surface area contributed by atoms with Gasteiger partial charge >= 0.3 is 5.97 Å². The van der Waals surface area contributed by atoms with E-state index < -0.39 is 12.0 Å². The first kappa shape index (κ1) is 15.0. The molecule has 0 aliphatic heterocycles. The van der Waals surface area contributed by atoms with E-state index in [1.165, 1.54) is 12.1 Å². The summed E-state index contributed by atoms with van der Waals surface area (Å²) in [5.41, 5.74) is 2.36. The van der Waals surface area contributed by atoms with Gasteiger partial charge in [-0.1, -0.05) is 30.3 Å². The van der Waals surface area contributed by atoms with Crippen LogP contribution in [0.1, 0.15) is 24.1 Å². The van der Waals surface area contributed by atoms with Gasteiger partial charge in [-0.3, -0.25) is 0 Å². The third-order valence-electron chi connectivity index (χ3n) is 3.15. The van der Waals surface area contributed by atoms with E-state index in [2.05, 4.69) is 5.32 Å². The summed E-state index contributed by atoms with van der Waals surface area (Å²) in [6, 6.07) is 12.8. The Morgan fingerprint density at radius 2 is 2.00 bits per heavy atom. The molecule has 0 aliphatic rings. The molecule has 0 amide bonds. The first-order valence-corrected chi connectivity index (χ1v) is 6.86. The zero-order valence-electron chi connectivity index (χ0n) is 12.1. The normalized spacial score (nSPS) is 11.8. The second-order valence-electron chi connectivity index (χ2n) is 4.70. The molecule has 1 unspecified atom stereocenters. The average Bonchev–Trinajstić information content (AvgIpc) is 2.46. The molecule has 0 spiro atoms. The Morgan fingerprint density at radius 3 is 2.67 bits per heavy atom. The second kappa shape index (κ2) is 6.88. The predicted octanol–water partition coefficient (Wildman–Crippen LogP) is 3.85. The van der Waals surface area contributed by atoms with E-state index in [1.54, 1.807) is 19.1 Å². The third-order valence-corrected chi connectivity index (χ3v) is 3.15. The number of para-hydroxylation sites is 1. The molecule has 2 aromatic rings. The first-order valence-electron chi connectivity index (χ1n) is 6.86. The number of ether oxygens (including phenoxy) is 1. The molecular formula is C17H18FNO2. The van der Waals surface area contributed by atoms with Gasteiger partial charge in [-0.15, -0.1) is 0 Å². The van der Waals surface area contributed by atoms with Gasteiger partial charge in [0.05, 0.1) is 6.61 Å². The number of hydrogen-bond acceptors (Lipinski definition) is 3. The third kappa shape index (κ3) is 3.81. The summed E-state index contributed by atoms with van der Waals surface area (Å²) in [4.78, 5) is 12.2. The highest BCUT2D eigenvalue weighted by Gasteiger charge is 2.22. The molecule has 2 rings (SSSR count). The molecule has 1 N–H and O–H groups in total. The van der Waals surface area contributed by atoms with Crippen molar-refractivity contribution < 1.29 is 13.9 Å². The summed E-state index contributed by atoms with van der Waals surface area (Å²) in [5.74, 6) is -0.806. The Kier molecular flexibility index (Phi) is 4.93. The molecule has 21 heavy (non-hydrogen) atoms. The highest BCUT2D eigenvalue weighted by molar-refractivity contribution is 5.81. The van der Waals surface area contributed by atoms with Crippen molar-refractivity contribution in [3.8, 4) is 0 Å². The van der Waals surface area contributed by atoms with Gasteiger partial charge in [0, 0.05) is 5.69 Å². The van der Waals surface area contributed by atoms with E-state index in [0.717, 1.165) is 11.3 Å². The van der Waals surface area contributed by atoms with Crippen LogP contribution >= 0.6 is 0 Å². The number of nitrogens with one attached hydrogen (secondary N) is 1. The Bertz CT molecular complexity index is 628. The molecule has 4 heteroatoms. The number of aryl methyl sites for hydroxylation is 1. The minimum atomic E-state index is -0.734. The molecule has 0 radical (unpaired) electrons. The minimum Gasteiger partial charge on any atom is -0.464 e. The minimum absolute atomic E-state index is 0.278. The average molecular weight is 287 g/mol. The van der Waals surface area contributed by atoms with E-state index in [0.29, 0.717) is 5.56 Å². The van der Waals surface area contributed by atoms with Crippen molar-refractivity contribution in [2.45, 2.75) is 19.9 Å². The van der Waals surface area contributed by atoms with Crippen LogP contribution in [0.2, 0.25) is 0 Å². The zero-order valence-corrected chi connectivity index (χ0v) is 12.1. The lowest BCUT2D eigenvalue weighted by Gasteiger charge is -2.20. The van der Waals surface area contributed by atoms with Crippen molar-refractivity contribution in [1.82, 2.24) is 0 Å². The van der Waals surface area contributed by atoms with Crippen molar-refractivity contribution >= 4 is 11.7 Å². The van der Waals surface area contributed by atoms with Crippen LogP contribution in [0.25, 0.3) is 0 Å². The summed E-state index contributed by atoms with van der Waals surface area (Å²) in [7, 11) is 0. The summed E-state index contributed by atoms with van der Waals surface area (Å²) in [6.45, 7) is 3.96. The van der Waals surface area contributed by atoms with Crippen molar-refractivity contribution in [2.75, 3.05) is 11.9 Å². The SMILES string of the molecule is CCOC(=O)C(Nc1ccccc1C)c1cccc(F)c1. The summed E-state index contributed by atoms with van der Waals surface area (Å²) < 4.78 is 18.5. The van der Waals surface area contributed by atoms with Crippen LogP contribution in [-0.2, 0) is 9.53 Å².